The normalized spacial score (nSPS) is 22.4. The fourth-order valence-electron chi connectivity index (χ4n) is 3.76. The second kappa shape index (κ2) is 7.99. The average molecular weight is 331 g/mol. The molecule has 2 heterocycles. The molecule has 2 aliphatic heterocycles. The third kappa shape index (κ3) is 4.08. The van der Waals surface area contributed by atoms with E-state index in [1.54, 1.807) is 0 Å². The second-order valence-electron chi connectivity index (χ2n) is 7.04. The third-order valence-electron chi connectivity index (χ3n) is 5.04. The van der Waals surface area contributed by atoms with E-state index >= 15 is 0 Å². The van der Waals surface area contributed by atoms with Crippen molar-refractivity contribution in [1.29, 1.82) is 0 Å². The van der Waals surface area contributed by atoms with Gasteiger partial charge in [0.25, 0.3) is 0 Å². The van der Waals surface area contributed by atoms with Crippen molar-refractivity contribution in [2.45, 2.75) is 19.4 Å². The molecule has 1 aromatic carbocycles. The summed E-state index contributed by atoms with van der Waals surface area (Å²) in [6, 6.07) is 8.54. The summed E-state index contributed by atoms with van der Waals surface area (Å²) in [5, 5.41) is 0. The minimum Gasteiger partial charge on any atom is -0.378 e. The minimum atomic E-state index is 0.142. The zero-order valence-corrected chi connectivity index (χ0v) is 14.9. The van der Waals surface area contributed by atoms with Gasteiger partial charge in [0.05, 0.1) is 19.1 Å². The van der Waals surface area contributed by atoms with Crippen LogP contribution in [0.25, 0.3) is 0 Å². The smallest absolute Gasteiger partial charge is 0.227 e. The van der Waals surface area contributed by atoms with Crippen LogP contribution >= 0.6 is 0 Å². The van der Waals surface area contributed by atoms with E-state index in [0.717, 1.165) is 45.6 Å². The Kier molecular flexibility index (Phi) is 5.74. The Morgan fingerprint density at radius 1 is 1.21 bits per heavy atom. The van der Waals surface area contributed by atoms with E-state index in [9.17, 15) is 4.79 Å². The molecule has 1 amide bonds. The first-order chi connectivity index (χ1) is 11.6. The Hall–Kier alpha value is -1.59. The maximum atomic E-state index is 12.8. The molecule has 24 heavy (non-hydrogen) atoms. The molecule has 0 N–H and O–H groups in total. The van der Waals surface area contributed by atoms with Crippen LogP contribution in [0.1, 0.15) is 18.4 Å². The van der Waals surface area contributed by atoms with Crippen molar-refractivity contribution in [2.24, 2.45) is 5.92 Å². The van der Waals surface area contributed by atoms with Crippen molar-refractivity contribution in [1.82, 2.24) is 9.80 Å². The van der Waals surface area contributed by atoms with Gasteiger partial charge >= 0.3 is 0 Å². The predicted molar refractivity (Wildman–Crippen MR) is 96.2 cm³/mol. The van der Waals surface area contributed by atoms with E-state index in [1.807, 2.05) is 4.90 Å². The van der Waals surface area contributed by atoms with Crippen molar-refractivity contribution in [3.05, 3.63) is 29.8 Å². The van der Waals surface area contributed by atoms with Crippen LogP contribution < -0.4 is 4.90 Å². The van der Waals surface area contributed by atoms with Gasteiger partial charge in [-0.25, -0.2) is 0 Å². The van der Waals surface area contributed by atoms with Gasteiger partial charge in [-0.2, -0.15) is 0 Å². The fraction of sp³-hybridized carbons (Fsp3) is 0.632. The number of rotatable bonds is 4. The van der Waals surface area contributed by atoms with E-state index in [4.69, 9.17) is 4.74 Å². The maximum absolute atomic E-state index is 12.8. The number of piperidine rings is 1. The summed E-state index contributed by atoms with van der Waals surface area (Å²) in [7, 11) is 4.17. The maximum Gasteiger partial charge on any atom is 0.227 e. The zero-order chi connectivity index (χ0) is 16.9. The summed E-state index contributed by atoms with van der Waals surface area (Å²) >= 11 is 0. The van der Waals surface area contributed by atoms with Crippen LogP contribution in [0.15, 0.2) is 24.3 Å². The van der Waals surface area contributed by atoms with Gasteiger partial charge in [-0.1, -0.05) is 18.2 Å². The highest BCUT2D eigenvalue weighted by molar-refractivity contribution is 5.79. The number of carbonyl (C=O) groups is 1. The summed E-state index contributed by atoms with van der Waals surface area (Å²) in [4.78, 5) is 19.4. The lowest BCUT2D eigenvalue weighted by Gasteiger charge is -2.36. The summed E-state index contributed by atoms with van der Waals surface area (Å²) in [5.41, 5.74) is 2.60. The Bertz CT molecular complexity index is 555. The van der Waals surface area contributed by atoms with E-state index in [1.165, 1.54) is 11.3 Å². The van der Waals surface area contributed by atoms with Crippen LogP contribution in [0.2, 0.25) is 0 Å². The fourth-order valence-corrected chi connectivity index (χ4v) is 3.76. The Morgan fingerprint density at radius 2 is 1.96 bits per heavy atom. The molecule has 2 aliphatic rings. The first-order valence-corrected chi connectivity index (χ1v) is 8.99. The van der Waals surface area contributed by atoms with Crippen molar-refractivity contribution in [3.63, 3.8) is 0 Å². The van der Waals surface area contributed by atoms with Crippen LogP contribution in [0.3, 0.4) is 0 Å². The molecule has 0 aliphatic carbocycles. The highest BCUT2D eigenvalue weighted by Crippen LogP contribution is 2.24. The van der Waals surface area contributed by atoms with Gasteiger partial charge in [-0.3, -0.25) is 9.69 Å². The highest BCUT2D eigenvalue weighted by atomic mass is 16.5. The number of morpholine rings is 1. The second-order valence-corrected chi connectivity index (χ2v) is 7.04. The zero-order valence-electron chi connectivity index (χ0n) is 14.9. The molecule has 1 aromatic rings. The number of anilines is 1. The quantitative estimate of drug-likeness (QED) is 0.843. The molecule has 2 saturated heterocycles. The topological polar surface area (TPSA) is 36.0 Å². The Balaban J connectivity index is 1.62. The number of carbonyl (C=O) groups excluding carboxylic acids is 1. The largest absolute Gasteiger partial charge is 0.378 e. The summed E-state index contributed by atoms with van der Waals surface area (Å²) in [6.45, 7) is 5.72. The number of likely N-dealkylation sites (tertiary alicyclic amines) is 1. The Labute approximate surface area is 145 Å². The standard InChI is InChI=1S/C19H29N3O2/c1-20(2)18-8-4-3-6-16(18)14-21-9-5-7-17(15-21)19(23)22-10-12-24-13-11-22/h3-4,6,8,17H,5,7,9-15H2,1-2H3/t17-/m0/s1. The van der Waals surface area contributed by atoms with Gasteiger partial charge < -0.3 is 14.5 Å². The molecular formula is C19H29N3O2. The van der Waals surface area contributed by atoms with Gasteiger partial charge in [-0.15, -0.1) is 0 Å². The third-order valence-corrected chi connectivity index (χ3v) is 5.04. The molecule has 0 spiro atoms. The molecule has 0 radical (unpaired) electrons. The van der Waals surface area contributed by atoms with Crippen LogP contribution in [0.4, 0.5) is 5.69 Å². The summed E-state index contributed by atoms with van der Waals surface area (Å²) < 4.78 is 5.36. The number of benzene rings is 1. The number of ether oxygens (including phenoxy) is 1. The average Bonchev–Trinajstić information content (AvgIpc) is 2.62. The molecule has 5 heteroatoms. The number of nitrogens with zero attached hydrogens (tertiary/aromatic N) is 3. The highest BCUT2D eigenvalue weighted by Gasteiger charge is 2.30. The molecule has 0 aromatic heterocycles. The predicted octanol–water partition coefficient (Wildman–Crippen LogP) is 1.82. The van der Waals surface area contributed by atoms with Gasteiger partial charge in [-0.05, 0) is 31.0 Å². The van der Waals surface area contributed by atoms with Crippen molar-refractivity contribution >= 4 is 11.6 Å². The van der Waals surface area contributed by atoms with Crippen LogP contribution in [0, 0.1) is 5.92 Å². The first kappa shape index (κ1) is 17.2. The van der Waals surface area contributed by atoms with Crippen LogP contribution in [0.5, 0.6) is 0 Å². The lowest BCUT2D eigenvalue weighted by Crippen LogP contribution is -2.48. The molecule has 3 rings (SSSR count). The van der Waals surface area contributed by atoms with Crippen LogP contribution in [-0.2, 0) is 16.1 Å². The molecule has 2 fully saturated rings. The number of hydrogen-bond acceptors (Lipinski definition) is 4. The van der Waals surface area contributed by atoms with Crippen molar-refractivity contribution in [3.8, 4) is 0 Å². The molecule has 1 atom stereocenters. The van der Waals surface area contributed by atoms with Crippen molar-refractivity contribution < 1.29 is 9.53 Å². The lowest BCUT2D eigenvalue weighted by molar-refractivity contribution is -0.141. The molecule has 132 valence electrons. The molecular weight excluding hydrogens is 302 g/mol. The van der Waals surface area contributed by atoms with Gasteiger partial charge in [0.15, 0.2) is 0 Å². The number of amides is 1. The monoisotopic (exact) mass is 331 g/mol. The first-order valence-electron chi connectivity index (χ1n) is 8.99. The summed E-state index contributed by atoms with van der Waals surface area (Å²) in [5.74, 6) is 0.465. The van der Waals surface area contributed by atoms with Crippen LogP contribution in [-0.4, -0.2) is 69.2 Å². The van der Waals surface area contributed by atoms with E-state index in [2.05, 4.69) is 48.2 Å². The molecule has 5 nitrogen and oxygen atoms in total. The van der Waals surface area contributed by atoms with E-state index in [0.29, 0.717) is 19.1 Å². The molecule has 0 bridgehead atoms. The minimum absolute atomic E-state index is 0.142. The van der Waals surface area contributed by atoms with Gasteiger partial charge in [0.1, 0.15) is 0 Å². The van der Waals surface area contributed by atoms with Gasteiger partial charge in [0.2, 0.25) is 5.91 Å². The van der Waals surface area contributed by atoms with Gasteiger partial charge in [0, 0.05) is 46.0 Å². The summed E-state index contributed by atoms with van der Waals surface area (Å²) in [6.07, 6.45) is 2.12. The van der Waals surface area contributed by atoms with E-state index in [-0.39, 0.29) is 5.92 Å². The van der Waals surface area contributed by atoms with Crippen molar-refractivity contribution in [2.75, 3.05) is 58.4 Å². The Morgan fingerprint density at radius 3 is 2.71 bits per heavy atom. The number of para-hydroxylation sites is 1. The molecule has 0 saturated carbocycles. The van der Waals surface area contributed by atoms with E-state index < -0.39 is 0 Å². The SMILES string of the molecule is CN(C)c1ccccc1CN1CCC[C@H](C(=O)N2CCOCC2)C1. The number of hydrogen-bond donors (Lipinski definition) is 0. The lowest BCUT2D eigenvalue weighted by atomic mass is 9.95. The molecule has 0 unspecified atom stereocenters.